The van der Waals surface area contributed by atoms with Crippen LogP contribution in [0.5, 0.6) is 5.75 Å². The van der Waals surface area contributed by atoms with Gasteiger partial charge in [0.05, 0.1) is 12.5 Å². The summed E-state index contributed by atoms with van der Waals surface area (Å²) < 4.78 is 5.38. The summed E-state index contributed by atoms with van der Waals surface area (Å²) in [5, 5.41) is 14.4. The van der Waals surface area contributed by atoms with Gasteiger partial charge in [-0.05, 0) is 17.0 Å². The molecule has 0 radical (unpaired) electrons. The third-order valence-electron chi connectivity index (χ3n) is 3.50. The minimum Gasteiger partial charge on any atom is -0.496 e. The first-order valence-electron chi connectivity index (χ1n) is 6.37. The number of ether oxygens (including phenoxy) is 1. The van der Waals surface area contributed by atoms with Crippen molar-refractivity contribution in [1.82, 2.24) is 5.32 Å². The van der Waals surface area contributed by atoms with Gasteiger partial charge in [-0.1, -0.05) is 30.3 Å². The standard InChI is InChI=1S/C15H15NO3S/c1-19-13-7-6-11(9-4-2-3-5-10(9)13)14-16-12(8-20-14)15(17)18/h2-7,12,14,16H,8H2,1H3,(H,17,18)/t12-,14?/m0/s1. The van der Waals surface area contributed by atoms with Gasteiger partial charge in [-0.15, -0.1) is 11.8 Å². The summed E-state index contributed by atoms with van der Waals surface area (Å²) in [5.74, 6) is 0.625. The topological polar surface area (TPSA) is 58.6 Å². The highest BCUT2D eigenvalue weighted by Gasteiger charge is 2.31. The van der Waals surface area contributed by atoms with Gasteiger partial charge in [0.2, 0.25) is 0 Å². The molecule has 0 aliphatic carbocycles. The van der Waals surface area contributed by atoms with E-state index in [2.05, 4.69) is 5.32 Å². The second kappa shape index (κ2) is 5.34. The average molecular weight is 289 g/mol. The number of benzene rings is 2. The van der Waals surface area contributed by atoms with Gasteiger partial charge in [0, 0.05) is 11.1 Å². The molecule has 1 aliphatic heterocycles. The van der Waals surface area contributed by atoms with Crippen LogP contribution >= 0.6 is 11.8 Å². The molecule has 1 heterocycles. The Morgan fingerprint density at radius 2 is 2.05 bits per heavy atom. The number of thioether (sulfide) groups is 1. The SMILES string of the molecule is COc1ccc(C2N[C@H](C(=O)O)CS2)c2ccccc12. The molecule has 0 amide bonds. The van der Waals surface area contributed by atoms with Crippen LogP contribution in [0, 0.1) is 0 Å². The summed E-state index contributed by atoms with van der Waals surface area (Å²) in [7, 11) is 1.66. The van der Waals surface area contributed by atoms with Crippen LogP contribution in [0.4, 0.5) is 0 Å². The first-order valence-corrected chi connectivity index (χ1v) is 7.41. The lowest BCUT2D eigenvalue weighted by molar-refractivity contribution is -0.138. The fraction of sp³-hybridized carbons (Fsp3) is 0.267. The highest BCUT2D eigenvalue weighted by Crippen LogP contribution is 2.39. The number of carboxylic acid groups (broad SMARTS) is 1. The molecule has 20 heavy (non-hydrogen) atoms. The van der Waals surface area contributed by atoms with Crippen molar-refractivity contribution in [3.05, 3.63) is 42.0 Å². The van der Waals surface area contributed by atoms with Gasteiger partial charge in [0.25, 0.3) is 0 Å². The van der Waals surface area contributed by atoms with Crippen molar-refractivity contribution in [3.8, 4) is 5.75 Å². The van der Waals surface area contributed by atoms with Gasteiger partial charge in [-0.25, -0.2) is 0 Å². The minimum absolute atomic E-state index is 0.00639. The number of aliphatic carboxylic acids is 1. The van der Waals surface area contributed by atoms with E-state index < -0.39 is 12.0 Å². The fourth-order valence-electron chi connectivity index (χ4n) is 2.49. The number of fused-ring (bicyclic) bond motifs is 1. The van der Waals surface area contributed by atoms with Crippen LogP contribution in [0.3, 0.4) is 0 Å². The summed E-state index contributed by atoms with van der Waals surface area (Å²) >= 11 is 1.63. The van der Waals surface area contributed by atoms with E-state index in [1.165, 1.54) is 0 Å². The molecule has 2 aromatic rings. The van der Waals surface area contributed by atoms with E-state index in [9.17, 15) is 4.79 Å². The lowest BCUT2D eigenvalue weighted by atomic mass is 10.0. The molecular formula is C15H15NO3S. The maximum absolute atomic E-state index is 11.0. The molecule has 0 saturated carbocycles. The van der Waals surface area contributed by atoms with E-state index in [-0.39, 0.29) is 5.37 Å². The van der Waals surface area contributed by atoms with E-state index >= 15 is 0 Å². The Balaban J connectivity index is 2.03. The Labute approximate surface area is 121 Å². The first kappa shape index (κ1) is 13.3. The molecule has 1 saturated heterocycles. The molecule has 2 aromatic carbocycles. The number of methoxy groups -OCH3 is 1. The summed E-state index contributed by atoms with van der Waals surface area (Å²) in [6.07, 6.45) is 0. The van der Waals surface area contributed by atoms with E-state index in [4.69, 9.17) is 9.84 Å². The zero-order chi connectivity index (χ0) is 14.1. The zero-order valence-electron chi connectivity index (χ0n) is 11.0. The van der Waals surface area contributed by atoms with Gasteiger partial charge in [0.1, 0.15) is 11.8 Å². The van der Waals surface area contributed by atoms with E-state index in [1.807, 2.05) is 36.4 Å². The minimum atomic E-state index is -0.794. The van der Waals surface area contributed by atoms with Crippen LogP contribution in [0.1, 0.15) is 10.9 Å². The first-order chi connectivity index (χ1) is 9.70. The molecular weight excluding hydrogens is 274 g/mol. The van der Waals surface area contributed by atoms with Crippen molar-refractivity contribution >= 4 is 28.5 Å². The molecule has 2 N–H and O–H groups in total. The molecule has 0 spiro atoms. The quantitative estimate of drug-likeness (QED) is 0.909. The van der Waals surface area contributed by atoms with Crippen molar-refractivity contribution in [1.29, 1.82) is 0 Å². The lowest BCUT2D eigenvalue weighted by Gasteiger charge is -2.16. The maximum Gasteiger partial charge on any atom is 0.321 e. The van der Waals surface area contributed by atoms with Crippen molar-refractivity contribution in [3.63, 3.8) is 0 Å². The van der Waals surface area contributed by atoms with Crippen molar-refractivity contribution < 1.29 is 14.6 Å². The number of nitrogens with one attached hydrogen (secondary N) is 1. The molecule has 2 atom stereocenters. The highest BCUT2D eigenvalue weighted by molar-refractivity contribution is 7.99. The van der Waals surface area contributed by atoms with Crippen LogP contribution < -0.4 is 10.1 Å². The van der Waals surface area contributed by atoms with Crippen LogP contribution in [0.25, 0.3) is 10.8 Å². The fourth-order valence-corrected chi connectivity index (χ4v) is 3.76. The van der Waals surface area contributed by atoms with Crippen molar-refractivity contribution in [2.45, 2.75) is 11.4 Å². The molecule has 1 aliphatic rings. The Hall–Kier alpha value is -1.72. The summed E-state index contributed by atoms with van der Waals surface area (Å²) in [6.45, 7) is 0. The zero-order valence-corrected chi connectivity index (χ0v) is 11.8. The van der Waals surface area contributed by atoms with Crippen LogP contribution in [-0.2, 0) is 4.79 Å². The normalized spacial score (nSPS) is 22.1. The Morgan fingerprint density at radius 1 is 1.30 bits per heavy atom. The van der Waals surface area contributed by atoms with Crippen LogP contribution in [0.2, 0.25) is 0 Å². The van der Waals surface area contributed by atoms with E-state index in [0.29, 0.717) is 5.75 Å². The number of carbonyl (C=O) groups is 1. The predicted molar refractivity (Wildman–Crippen MR) is 80.3 cm³/mol. The molecule has 1 unspecified atom stereocenters. The smallest absolute Gasteiger partial charge is 0.321 e. The van der Waals surface area contributed by atoms with E-state index in [0.717, 1.165) is 22.1 Å². The molecule has 104 valence electrons. The Kier molecular flexibility index (Phi) is 3.54. The largest absolute Gasteiger partial charge is 0.496 e. The Bertz CT molecular complexity index is 659. The average Bonchev–Trinajstić information content (AvgIpc) is 2.96. The number of hydrogen-bond acceptors (Lipinski definition) is 4. The highest BCUT2D eigenvalue weighted by atomic mass is 32.2. The van der Waals surface area contributed by atoms with Crippen LogP contribution in [-0.4, -0.2) is 30.0 Å². The van der Waals surface area contributed by atoms with Crippen molar-refractivity contribution in [2.24, 2.45) is 0 Å². The monoisotopic (exact) mass is 289 g/mol. The molecule has 0 aromatic heterocycles. The molecule has 1 fully saturated rings. The molecule has 3 rings (SSSR count). The van der Waals surface area contributed by atoms with Gasteiger partial charge < -0.3 is 9.84 Å². The third-order valence-corrected chi connectivity index (χ3v) is 4.75. The van der Waals surface area contributed by atoms with Gasteiger partial charge in [-0.2, -0.15) is 0 Å². The summed E-state index contributed by atoms with van der Waals surface area (Å²) in [4.78, 5) is 11.0. The van der Waals surface area contributed by atoms with Gasteiger partial charge >= 0.3 is 5.97 Å². The van der Waals surface area contributed by atoms with E-state index in [1.54, 1.807) is 18.9 Å². The Morgan fingerprint density at radius 3 is 2.70 bits per heavy atom. The number of rotatable bonds is 3. The number of hydrogen-bond donors (Lipinski definition) is 2. The second-order valence-electron chi connectivity index (χ2n) is 4.67. The predicted octanol–water partition coefficient (Wildman–Crippen LogP) is 2.64. The van der Waals surface area contributed by atoms with Gasteiger partial charge in [-0.3, -0.25) is 10.1 Å². The number of carboxylic acids is 1. The molecule has 5 heteroatoms. The second-order valence-corrected chi connectivity index (χ2v) is 5.81. The summed E-state index contributed by atoms with van der Waals surface area (Å²) in [5.41, 5.74) is 1.11. The van der Waals surface area contributed by atoms with Crippen molar-refractivity contribution in [2.75, 3.05) is 12.9 Å². The lowest BCUT2D eigenvalue weighted by Crippen LogP contribution is -2.33. The maximum atomic E-state index is 11.0. The third kappa shape index (κ3) is 2.23. The summed E-state index contributed by atoms with van der Waals surface area (Å²) in [6, 6.07) is 11.5. The molecule has 0 bridgehead atoms. The molecule has 4 nitrogen and oxygen atoms in total. The van der Waals surface area contributed by atoms with Crippen LogP contribution in [0.15, 0.2) is 36.4 Å². The van der Waals surface area contributed by atoms with Gasteiger partial charge in [0.15, 0.2) is 0 Å².